The van der Waals surface area contributed by atoms with Gasteiger partial charge >= 0.3 is 0 Å². The van der Waals surface area contributed by atoms with E-state index in [2.05, 4.69) is 0 Å². The van der Waals surface area contributed by atoms with E-state index in [0.29, 0.717) is 5.56 Å². The minimum absolute atomic E-state index is 0.0279. The number of nitrogens with one attached hydrogen (secondary N) is 1. The van der Waals surface area contributed by atoms with Crippen LogP contribution >= 0.6 is 0 Å². The molecule has 78 valence electrons. The van der Waals surface area contributed by atoms with Gasteiger partial charge in [-0.05, 0) is 11.6 Å². The molecular weight excluding hydrogens is 190 g/mol. The van der Waals surface area contributed by atoms with E-state index < -0.39 is 0 Å². The van der Waals surface area contributed by atoms with Crippen LogP contribution in [-0.2, 0) is 4.79 Å². The van der Waals surface area contributed by atoms with Crippen LogP contribution in [0.25, 0.3) is 6.08 Å². The van der Waals surface area contributed by atoms with Crippen LogP contribution in [0.5, 0.6) is 0 Å². The maximum absolute atomic E-state index is 10.5. The van der Waals surface area contributed by atoms with Gasteiger partial charge < -0.3 is 11.5 Å². The van der Waals surface area contributed by atoms with E-state index in [1.807, 2.05) is 6.07 Å². The molecule has 0 fully saturated rings. The summed E-state index contributed by atoms with van der Waals surface area (Å²) >= 11 is 0. The Kier molecular flexibility index (Phi) is 3.62. The Bertz CT molecular complexity index is 410. The molecule has 5 N–H and O–H groups in total. The van der Waals surface area contributed by atoms with E-state index >= 15 is 0 Å². The largest absolute Gasteiger partial charge is 0.384 e. The molecule has 0 spiro atoms. The molecule has 1 amide bonds. The Morgan fingerprint density at radius 3 is 2.73 bits per heavy atom. The van der Waals surface area contributed by atoms with Gasteiger partial charge in [0.2, 0.25) is 5.91 Å². The van der Waals surface area contributed by atoms with Gasteiger partial charge in [-0.3, -0.25) is 10.2 Å². The molecular formula is C11H13N3O. The van der Waals surface area contributed by atoms with Gasteiger partial charge in [0, 0.05) is 12.0 Å². The predicted molar refractivity (Wildman–Crippen MR) is 60.3 cm³/mol. The number of carbonyl (C=O) groups excluding carboxylic acids is 1. The van der Waals surface area contributed by atoms with E-state index in [0.717, 1.165) is 5.56 Å². The maximum Gasteiger partial charge on any atom is 0.221 e. The standard InChI is InChI=1S/C11H13N3O/c12-10(15)6-2-4-8-3-1-5-9(7-8)11(13)14/h1-5,7H,6H2,(H2,12,15)(H3,13,14). The SMILES string of the molecule is N=C(N)c1cccc(C=CCC(N)=O)c1. The molecule has 0 radical (unpaired) electrons. The van der Waals surface area contributed by atoms with E-state index in [1.165, 1.54) is 0 Å². The van der Waals surface area contributed by atoms with Crippen molar-refractivity contribution >= 4 is 17.8 Å². The third kappa shape index (κ3) is 3.64. The van der Waals surface area contributed by atoms with Gasteiger partial charge in [-0.2, -0.15) is 0 Å². The van der Waals surface area contributed by atoms with Crippen molar-refractivity contribution in [2.45, 2.75) is 6.42 Å². The molecule has 4 nitrogen and oxygen atoms in total. The molecule has 15 heavy (non-hydrogen) atoms. The third-order valence-electron chi connectivity index (χ3n) is 1.83. The molecule has 0 bridgehead atoms. The minimum Gasteiger partial charge on any atom is -0.384 e. The highest BCUT2D eigenvalue weighted by molar-refractivity contribution is 5.95. The summed E-state index contributed by atoms with van der Waals surface area (Å²) < 4.78 is 0. The average molecular weight is 203 g/mol. The average Bonchev–Trinajstić information content (AvgIpc) is 2.17. The minimum atomic E-state index is -0.367. The summed E-state index contributed by atoms with van der Waals surface area (Å²) in [5.74, 6) is -0.339. The zero-order valence-corrected chi connectivity index (χ0v) is 8.23. The predicted octanol–water partition coefficient (Wildman–Crippen LogP) is 0.859. The molecule has 4 heteroatoms. The lowest BCUT2D eigenvalue weighted by atomic mass is 10.1. The van der Waals surface area contributed by atoms with Crippen molar-refractivity contribution in [3.63, 3.8) is 0 Å². The molecule has 1 rings (SSSR count). The second-order valence-corrected chi connectivity index (χ2v) is 3.11. The first kappa shape index (κ1) is 11.0. The molecule has 0 atom stereocenters. The Hall–Kier alpha value is -2.10. The molecule has 1 aromatic carbocycles. The number of benzene rings is 1. The Balaban J connectivity index is 2.78. The summed E-state index contributed by atoms with van der Waals surface area (Å²) in [7, 11) is 0. The zero-order chi connectivity index (χ0) is 11.3. The van der Waals surface area contributed by atoms with Crippen LogP contribution in [0, 0.1) is 5.41 Å². The number of amides is 1. The quantitative estimate of drug-likeness (QED) is 0.500. The molecule has 0 aliphatic rings. The fourth-order valence-electron chi connectivity index (χ4n) is 1.12. The van der Waals surface area contributed by atoms with Gasteiger partial charge in [-0.1, -0.05) is 30.4 Å². The van der Waals surface area contributed by atoms with Crippen molar-refractivity contribution in [3.8, 4) is 0 Å². The van der Waals surface area contributed by atoms with Crippen LogP contribution in [-0.4, -0.2) is 11.7 Å². The topological polar surface area (TPSA) is 93.0 Å². The van der Waals surface area contributed by atoms with E-state index in [-0.39, 0.29) is 18.2 Å². The molecule has 0 aliphatic heterocycles. The van der Waals surface area contributed by atoms with Crippen molar-refractivity contribution in [1.29, 1.82) is 5.41 Å². The Labute approximate surface area is 88.1 Å². The second-order valence-electron chi connectivity index (χ2n) is 3.11. The molecule has 0 saturated heterocycles. The van der Waals surface area contributed by atoms with Crippen molar-refractivity contribution in [3.05, 3.63) is 41.5 Å². The second kappa shape index (κ2) is 4.95. The fraction of sp³-hybridized carbons (Fsp3) is 0.0909. The summed E-state index contributed by atoms with van der Waals surface area (Å²) in [5.41, 5.74) is 11.9. The zero-order valence-electron chi connectivity index (χ0n) is 8.23. The van der Waals surface area contributed by atoms with Gasteiger partial charge in [0.15, 0.2) is 0 Å². The van der Waals surface area contributed by atoms with Crippen molar-refractivity contribution in [2.75, 3.05) is 0 Å². The first-order valence-corrected chi connectivity index (χ1v) is 4.49. The fourth-order valence-corrected chi connectivity index (χ4v) is 1.12. The summed E-state index contributed by atoms with van der Waals surface area (Å²) in [6, 6.07) is 7.21. The third-order valence-corrected chi connectivity index (χ3v) is 1.83. The van der Waals surface area contributed by atoms with Crippen LogP contribution in [0.4, 0.5) is 0 Å². The van der Waals surface area contributed by atoms with Crippen LogP contribution in [0.2, 0.25) is 0 Å². The number of rotatable bonds is 4. The number of carbonyl (C=O) groups is 1. The summed E-state index contributed by atoms with van der Waals surface area (Å²) in [6.07, 6.45) is 3.67. The monoisotopic (exact) mass is 203 g/mol. The van der Waals surface area contributed by atoms with E-state index in [1.54, 1.807) is 30.4 Å². The normalized spacial score (nSPS) is 10.4. The summed E-state index contributed by atoms with van der Waals surface area (Å²) in [5, 5.41) is 7.26. The van der Waals surface area contributed by atoms with Gasteiger partial charge in [0.1, 0.15) is 5.84 Å². The molecule has 1 aromatic rings. The Morgan fingerprint density at radius 2 is 2.13 bits per heavy atom. The van der Waals surface area contributed by atoms with Crippen molar-refractivity contribution < 1.29 is 4.79 Å². The lowest BCUT2D eigenvalue weighted by Gasteiger charge is -1.99. The smallest absolute Gasteiger partial charge is 0.221 e. The summed E-state index contributed by atoms with van der Waals surface area (Å²) in [4.78, 5) is 10.5. The van der Waals surface area contributed by atoms with Gasteiger partial charge in [-0.25, -0.2) is 0 Å². The molecule has 0 aromatic heterocycles. The van der Waals surface area contributed by atoms with Gasteiger partial charge in [0.25, 0.3) is 0 Å². The number of nitrogens with two attached hydrogens (primary N) is 2. The van der Waals surface area contributed by atoms with Crippen LogP contribution in [0.3, 0.4) is 0 Å². The number of hydrogen-bond donors (Lipinski definition) is 3. The van der Waals surface area contributed by atoms with E-state index in [9.17, 15) is 4.79 Å². The number of nitrogen functional groups attached to an aromatic ring is 1. The first-order valence-electron chi connectivity index (χ1n) is 4.49. The highest BCUT2D eigenvalue weighted by Gasteiger charge is 1.95. The number of hydrogen-bond acceptors (Lipinski definition) is 2. The number of amidine groups is 1. The molecule has 0 aliphatic carbocycles. The van der Waals surface area contributed by atoms with Crippen molar-refractivity contribution in [1.82, 2.24) is 0 Å². The molecule has 0 unspecified atom stereocenters. The molecule has 0 saturated carbocycles. The highest BCUT2D eigenvalue weighted by atomic mass is 16.1. The maximum atomic E-state index is 10.5. The molecule has 0 heterocycles. The van der Waals surface area contributed by atoms with Gasteiger partial charge in [-0.15, -0.1) is 0 Å². The van der Waals surface area contributed by atoms with E-state index in [4.69, 9.17) is 16.9 Å². The number of primary amides is 1. The lowest BCUT2D eigenvalue weighted by molar-refractivity contribution is -0.117. The Morgan fingerprint density at radius 1 is 1.40 bits per heavy atom. The lowest BCUT2D eigenvalue weighted by Crippen LogP contribution is -2.10. The van der Waals surface area contributed by atoms with Crippen LogP contribution in [0.15, 0.2) is 30.3 Å². The first-order chi connectivity index (χ1) is 7.09. The van der Waals surface area contributed by atoms with Crippen LogP contribution < -0.4 is 11.5 Å². The van der Waals surface area contributed by atoms with Crippen molar-refractivity contribution in [2.24, 2.45) is 11.5 Å². The highest BCUT2D eigenvalue weighted by Crippen LogP contribution is 2.06. The van der Waals surface area contributed by atoms with Crippen LogP contribution in [0.1, 0.15) is 17.5 Å². The van der Waals surface area contributed by atoms with Gasteiger partial charge in [0.05, 0.1) is 0 Å². The summed E-state index contributed by atoms with van der Waals surface area (Å²) in [6.45, 7) is 0.